The van der Waals surface area contributed by atoms with Crippen molar-refractivity contribution in [2.45, 2.75) is 25.4 Å². The predicted octanol–water partition coefficient (Wildman–Crippen LogP) is 6.31. The standard InChI is InChI=1S/C20H19F5N6O2/c1-3-30(12-11-19(21,22)20(23,24)25)17-15(31(32)33)10-9-14-16(17)18(29(2)28-14)27-26-13-7-5-4-6-8-13/h4-10H,3,11-12H2,1-2H3. The zero-order valence-electron chi connectivity index (χ0n) is 17.6. The summed E-state index contributed by atoms with van der Waals surface area (Å²) in [6.07, 6.45) is -7.30. The van der Waals surface area contributed by atoms with Crippen LogP contribution in [0, 0.1) is 10.1 Å². The first-order chi connectivity index (χ1) is 15.5. The molecule has 0 unspecified atom stereocenters. The lowest BCUT2D eigenvalue weighted by atomic mass is 10.1. The SMILES string of the molecule is CCN(CCC(F)(F)C(F)(F)F)c1c([N+](=O)[O-])ccc2nn(C)c(N=Nc3ccccc3)c12. The van der Waals surface area contributed by atoms with Gasteiger partial charge in [-0.1, -0.05) is 18.2 Å². The number of nitro benzene ring substituents is 1. The molecule has 13 heteroatoms. The largest absolute Gasteiger partial charge is 0.453 e. The lowest BCUT2D eigenvalue weighted by Crippen LogP contribution is -2.40. The molecule has 0 aliphatic rings. The van der Waals surface area contributed by atoms with E-state index in [9.17, 15) is 32.1 Å². The van der Waals surface area contributed by atoms with Gasteiger partial charge >= 0.3 is 12.1 Å². The Morgan fingerprint density at radius 1 is 1.09 bits per heavy atom. The fourth-order valence-electron chi connectivity index (χ4n) is 3.27. The molecule has 3 aromatic rings. The molecule has 0 amide bonds. The summed E-state index contributed by atoms with van der Waals surface area (Å²) in [6.45, 7) is 0.640. The van der Waals surface area contributed by atoms with Crippen LogP contribution in [0.15, 0.2) is 52.7 Å². The molecule has 0 bridgehead atoms. The van der Waals surface area contributed by atoms with E-state index in [2.05, 4.69) is 15.3 Å². The molecule has 0 aliphatic carbocycles. The molecule has 33 heavy (non-hydrogen) atoms. The monoisotopic (exact) mass is 470 g/mol. The van der Waals surface area contributed by atoms with Gasteiger partial charge in [0.2, 0.25) is 0 Å². The van der Waals surface area contributed by atoms with Gasteiger partial charge in [-0.2, -0.15) is 27.1 Å². The van der Waals surface area contributed by atoms with Crippen molar-refractivity contribution in [3.05, 3.63) is 52.6 Å². The van der Waals surface area contributed by atoms with Gasteiger partial charge in [-0.25, -0.2) is 4.68 Å². The van der Waals surface area contributed by atoms with Crippen molar-refractivity contribution < 1.29 is 26.9 Å². The summed E-state index contributed by atoms with van der Waals surface area (Å²) in [7, 11) is 1.52. The van der Waals surface area contributed by atoms with Gasteiger partial charge in [0.15, 0.2) is 5.82 Å². The number of nitrogens with zero attached hydrogens (tertiary/aromatic N) is 6. The van der Waals surface area contributed by atoms with E-state index in [1.807, 2.05) is 0 Å². The van der Waals surface area contributed by atoms with Gasteiger partial charge in [0.25, 0.3) is 5.69 Å². The van der Waals surface area contributed by atoms with Crippen molar-refractivity contribution in [2.75, 3.05) is 18.0 Å². The molecule has 2 aromatic carbocycles. The van der Waals surface area contributed by atoms with Gasteiger partial charge < -0.3 is 4.90 Å². The van der Waals surface area contributed by atoms with Gasteiger partial charge in [-0.05, 0) is 25.1 Å². The molecule has 0 spiro atoms. The number of hydrogen-bond donors (Lipinski definition) is 0. The quantitative estimate of drug-likeness (QED) is 0.167. The number of azo groups is 1. The van der Waals surface area contributed by atoms with Crippen molar-refractivity contribution in [1.82, 2.24) is 9.78 Å². The number of aryl methyl sites for hydroxylation is 1. The minimum absolute atomic E-state index is 0.0714. The first-order valence-electron chi connectivity index (χ1n) is 9.76. The van der Waals surface area contributed by atoms with E-state index in [0.29, 0.717) is 5.69 Å². The Balaban J connectivity index is 2.14. The van der Waals surface area contributed by atoms with E-state index >= 15 is 0 Å². The van der Waals surface area contributed by atoms with Crippen LogP contribution in [-0.4, -0.2) is 39.9 Å². The van der Waals surface area contributed by atoms with Crippen LogP contribution in [0.1, 0.15) is 13.3 Å². The van der Waals surface area contributed by atoms with Crippen LogP contribution in [-0.2, 0) is 7.05 Å². The first-order valence-corrected chi connectivity index (χ1v) is 9.76. The van der Waals surface area contributed by atoms with Gasteiger partial charge in [-0.15, -0.1) is 10.2 Å². The van der Waals surface area contributed by atoms with Gasteiger partial charge in [0.1, 0.15) is 5.69 Å². The van der Waals surface area contributed by atoms with Crippen molar-refractivity contribution in [2.24, 2.45) is 17.3 Å². The number of rotatable bonds is 8. The van der Waals surface area contributed by atoms with Gasteiger partial charge in [0.05, 0.1) is 21.5 Å². The smallest absolute Gasteiger partial charge is 0.365 e. The molecule has 0 radical (unpaired) electrons. The molecule has 1 heterocycles. The summed E-state index contributed by atoms with van der Waals surface area (Å²) >= 11 is 0. The van der Waals surface area contributed by atoms with E-state index in [1.54, 1.807) is 30.3 Å². The minimum Gasteiger partial charge on any atom is -0.365 e. The Kier molecular flexibility index (Phi) is 6.60. The van der Waals surface area contributed by atoms with Crippen LogP contribution < -0.4 is 4.90 Å². The number of hydrogen-bond acceptors (Lipinski definition) is 6. The Labute approximate surface area is 184 Å². The van der Waals surface area contributed by atoms with Crippen molar-refractivity contribution in [1.29, 1.82) is 0 Å². The third-order valence-corrected chi connectivity index (χ3v) is 4.94. The lowest BCUT2D eigenvalue weighted by molar-refractivity contribution is -0.384. The van der Waals surface area contributed by atoms with Crippen molar-refractivity contribution >= 4 is 33.8 Å². The number of alkyl halides is 5. The summed E-state index contributed by atoms with van der Waals surface area (Å²) in [5, 5.41) is 24.3. The molecule has 1 aromatic heterocycles. The zero-order chi connectivity index (χ0) is 24.4. The van der Waals surface area contributed by atoms with Crippen LogP contribution in [0.4, 0.5) is 44.8 Å². The van der Waals surface area contributed by atoms with Crippen LogP contribution in [0.25, 0.3) is 10.9 Å². The molecular weight excluding hydrogens is 451 g/mol. The Morgan fingerprint density at radius 2 is 1.76 bits per heavy atom. The maximum atomic E-state index is 13.6. The third kappa shape index (κ3) is 4.91. The van der Waals surface area contributed by atoms with Gasteiger partial charge in [-0.3, -0.25) is 10.1 Å². The molecule has 0 atom stereocenters. The van der Waals surface area contributed by atoms with E-state index < -0.39 is 35.7 Å². The van der Waals surface area contributed by atoms with E-state index in [1.165, 1.54) is 24.7 Å². The van der Waals surface area contributed by atoms with Crippen LogP contribution in [0.2, 0.25) is 0 Å². The van der Waals surface area contributed by atoms with Crippen molar-refractivity contribution in [3.63, 3.8) is 0 Å². The zero-order valence-corrected chi connectivity index (χ0v) is 17.6. The van der Waals surface area contributed by atoms with E-state index in [0.717, 1.165) is 11.0 Å². The normalized spacial score (nSPS) is 12.6. The highest BCUT2D eigenvalue weighted by Crippen LogP contribution is 2.43. The topological polar surface area (TPSA) is 88.9 Å². The summed E-state index contributed by atoms with van der Waals surface area (Å²) < 4.78 is 66.4. The first kappa shape index (κ1) is 24.0. The molecule has 0 saturated carbocycles. The highest BCUT2D eigenvalue weighted by atomic mass is 19.4. The summed E-state index contributed by atoms with van der Waals surface area (Å²) in [6, 6.07) is 11.1. The molecule has 0 saturated heterocycles. The number of nitro groups is 1. The fraction of sp³-hybridized carbons (Fsp3) is 0.350. The number of halogens is 5. The molecule has 0 N–H and O–H groups in total. The summed E-state index contributed by atoms with van der Waals surface area (Å²) in [5.74, 6) is -4.86. The molecule has 3 rings (SSSR count). The highest BCUT2D eigenvalue weighted by Gasteiger charge is 2.57. The van der Waals surface area contributed by atoms with Gasteiger partial charge in [0, 0.05) is 32.6 Å². The molecule has 0 aliphatic heterocycles. The van der Waals surface area contributed by atoms with Crippen LogP contribution >= 0.6 is 0 Å². The van der Waals surface area contributed by atoms with Crippen LogP contribution in [0.3, 0.4) is 0 Å². The second kappa shape index (κ2) is 9.08. The molecule has 8 nitrogen and oxygen atoms in total. The minimum atomic E-state index is -5.73. The average molecular weight is 470 g/mol. The predicted molar refractivity (Wildman–Crippen MR) is 111 cm³/mol. The lowest BCUT2D eigenvalue weighted by Gasteiger charge is -2.27. The highest BCUT2D eigenvalue weighted by molar-refractivity contribution is 6.03. The third-order valence-electron chi connectivity index (χ3n) is 4.94. The maximum absolute atomic E-state index is 13.6. The molecular formula is C20H19F5N6O2. The number of benzene rings is 2. The van der Waals surface area contributed by atoms with E-state index in [-0.39, 0.29) is 29.0 Å². The molecule has 176 valence electrons. The Morgan fingerprint density at radius 3 is 2.33 bits per heavy atom. The number of aromatic nitrogens is 2. The van der Waals surface area contributed by atoms with Crippen molar-refractivity contribution in [3.8, 4) is 0 Å². The summed E-state index contributed by atoms with van der Waals surface area (Å²) in [5.41, 5.74) is 0.120. The fourth-order valence-corrected chi connectivity index (χ4v) is 3.27. The van der Waals surface area contributed by atoms with E-state index in [4.69, 9.17) is 0 Å². The van der Waals surface area contributed by atoms with Crippen LogP contribution in [0.5, 0.6) is 0 Å². The Bertz CT molecular complexity index is 1180. The summed E-state index contributed by atoms with van der Waals surface area (Å²) in [4.78, 5) is 12.1. The Hall–Kier alpha value is -3.64. The number of fused-ring (bicyclic) bond motifs is 1. The maximum Gasteiger partial charge on any atom is 0.453 e. The molecule has 0 fully saturated rings. The second-order valence-electron chi connectivity index (χ2n) is 7.10. The average Bonchev–Trinajstić information content (AvgIpc) is 3.07. The number of anilines is 1. The second-order valence-corrected chi connectivity index (χ2v) is 7.10.